The van der Waals surface area contributed by atoms with Crippen LogP contribution in [-0.4, -0.2) is 45.7 Å². The Balaban J connectivity index is 2.20. The average Bonchev–Trinajstić information content (AvgIpc) is 2.41. The van der Waals surface area contributed by atoms with E-state index in [4.69, 9.17) is 11.6 Å². The van der Waals surface area contributed by atoms with Crippen LogP contribution in [0.3, 0.4) is 0 Å². The molecule has 8 heteroatoms. The normalized spacial score (nSPS) is 18.8. The first-order valence-electron chi connectivity index (χ1n) is 6.57. The maximum atomic E-state index is 12.5. The van der Waals surface area contributed by atoms with E-state index in [2.05, 4.69) is 0 Å². The molecule has 0 saturated carbocycles. The van der Waals surface area contributed by atoms with Crippen LogP contribution in [0.25, 0.3) is 0 Å². The highest BCUT2D eigenvalue weighted by Crippen LogP contribution is 2.26. The second-order valence-corrected chi connectivity index (χ2v) is 10.0. The summed E-state index contributed by atoms with van der Waals surface area (Å²) in [6, 6.07) is 4.63. The zero-order chi connectivity index (χ0) is 15.8. The van der Waals surface area contributed by atoms with Gasteiger partial charge in [0.15, 0.2) is 0 Å². The van der Waals surface area contributed by atoms with Crippen LogP contribution < -0.4 is 0 Å². The molecule has 118 valence electrons. The number of sulfonamides is 1. The third-order valence-corrected chi connectivity index (χ3v) is 7.77. The van der Waals surface area contributed by atoms with Crippen molar-refractivity contribution in [3.05, 3.63) is 28.8 Å². The van der Waals surface area contributed by atoms with E-state index in [1.807, 2.05) is 0 Å². The predicted octanol–water partition coefficient (Wildman–Crippen LogP) is 1.85. The van der Waals surface area contributed by atoms with Crippen LogP contribution in [0.4, 0.5) is 0 Å². The second-order valence-electron chi connectivity index (χ2n) is 5.34. The van der Waals surface area contributed by atoms with Crippen LogP contribution in [0.2, 0.25) is 5.02 Å². The summed E-state index contributed by atoms with van der Waals surface area (Å²) in [5, 5.41) is -0.0485. The van der Waals surface area contributed by atoms with Gasteiger partial charge in [-0.2, -0.15) is 4.31 Å². The highest BCUT2D eigenvalue weighted by atomic mass is 35.5. The lowest BCUT2D eigenvalue weighted by molar-refractivity contribution is 0.346. The molecule has 5 nitrogen and oxygen atoms in total. The van der Waals surface area contributed by atoms with E-state index in [1.165, 1.54) is 22.7 Å². The van der Waals surface area contributed by atoms with Crippen LogP contribution in [0.1, 0.15) is 18.4 Å². The first kappa shape index (κ1) is 16.7. The first-order chi connectivity index (χ1) is 9.62. The first-order valence-corrected chi connectivity index (χ1v) is 10.3. The zero-order valence-electron chi connectivity index (χ0n) is 11.9. The van der Waals surface area contributed by atoms with E-state index in [9.17, 15) is 16.8 Å². The monoisotopic (exact) mass is 351 g/mol. The summed E-state index contributed by atoms with van der Waals surface area (Å²) in [6.45, 7) is 2.23. The van der Waals surface area contributed by atoms with Gasteiger partial charge in [-0.15, -0.1) is 0 Å². The van der Waals surface area contributed by atoms with Crippen molar-refractivity contribution in [1.82, 2.24) is 4.31 Å². The van der Waals surface area contributed by atoms with Crippen LogP contribution in [0, 0.1) is 6.92 Å². The number of piperidine rings is 1. The van der Waals surface area contributed by atoms with Gasteiger partial charge >= 0.3 is 0 Å². The Morgan fingerprint density at radius 1 is 1.14 bits per heavy atom. The molecule has 0 radical (unpaired) electrons. The molecule has 2 rings (SSSR count). The summed E-state index contributed by atoms with van der Waals surface area (Å²) in [4.78, 5) is 0.149. The van der Waals surface area contributed by atoms with E-state index >= 15 is 0 Å². The zero-order valence-corrected chi connectivity index (χ0v) is 14.3. The minimum atomic E-state index is -3.62. The smallest absolute Gasteiger partial charge is 0.229 e. The van der Waals surface area contributed by atoms with Gasteiger partial charge in [0.25, 0.3) is 0 Å². The van der Waals surface area contributed by atoms with Crippen molar-refractivity contribution >= 4 is 31.5 Å². The van der Waals surface area contributed by atoms with Crippen molar-refractivity contribution in [1.29, 1.82) is 0 Å². The number of rotatable bonds is 3. The second kappa shape index (κ2) is 5.87. The standard InChI is InChI=1S/C13H18ClNO4S2/c1-10-3-4-12(9-13(10)14)21(18,19)15-7-5-11(6-8-15)20(2,16)17/h3-4,9,11H,5-8H2,1-2H3. The van der Waals surface area contributed by atoms with E-state index in [0.717, 1.165) is 5.56 Å². The molecule has 1 aliphatic rings. The van der Waals surface area contributed by atoms with E-state index < -0.39 is 25.1 Å². The van der Waals surface area contributed by atoms with Crippen LogP contribution >= 0.6 is 11.6 Å². The lowest BCUT2D eigenvalue weighted by Gasteiger charge is -2.30. The van der Waals surface area contributed by atoms with Gasteiger partial charge in [0, 0.05) is 24.4 Å². The van der Waals surface area contributed by atoms with Crippen molar-refractivity contribution in [2.75, 3.05) is 19.3 Å². The largest absolute Gasteiger partial charge is 0.243 e. The van der Waals surface area contributed by atoms with Crippen LogP contribution in [0.5, 0.6) is 0 Å². The number of hydrogen-bond donors (Lipinski definition) is 0. The molecule has 0 bridgehead atoms. The summed E-state index contributed by atoms with van der Waals surface area (Å²) in [6.07, 6.45) is 1.86. The Labute approximate surface area is 130 Å². The summed E-state index contributed by atoms with van der Waals surface area (Å²) >= 11 is 5.98. The van der Waals surface area contributed by atoms with Gasteiger partial charge in [0.2, 0.25) is 10.0 Å². The van der Waals surface area contributed by atoms with Crippen molar-refractivity contribution in [3.63, 3.8) is 0 Å². The number of aryl methyl sites for hydroxylation is 1. The van der Waals surface area contributed by atoms with Crippen molar-refractivity contribution in [2.45, 2.75) is 29.9 Å². The maximum Gasteiger partial charge on any atom is 0.243 e. The van der Waals surface area contributed by atoms with Gasteiger partial charge in [-0.3, -0.25) is 0 Å². The SMILES string of the molecule is Cc1ccc(S(=O)(=O)N2CCC(S(C)(=O)=O)CC2)cc1Cl. The molecule has 0 unspecified atom stereocenters. The molecule has 1 heterocycles. The third-order valence-electron chi connectivity index (χ3n) is 3.79. The van der Waals surface area contributed by atoms with E-state index in [1.54, 1.807) is 13.0 Å². The number of nitrogens with zero attached hydrogens (tertiary/aromatic N) is 1. The summed E-state index contributed by atoms with van der Waals surface area (Å²) in [5.74, 6) is 0. The Morgan fingerprint density at radius 2 is 1.71 bits per heavy atom. The van der Waals surface area contributed by atoms with Gasteiger partial charge < -0.3 is 0 Å². The fraction of sp³-hybridized carbons (Fsp3) is 0.538. The van der Waals surface area contributed by atoms with Gasteiger partial charge in [0.05, 0.1) is 10.1 Å². The molecule has 0 N–H and O–H groups in total. The molecule has 1 aromatic carbocycles. The molecule has 21 heavy (non-hydrogen) atoms. The molecular weight excluding hydrogens is 334 g/mol. The third kappa shape index (κ3) is 3.59. The number of benzene rings is 1. The van der Waals surface area contributed by atoms with Gasteiger partial charge in [-0.1, -0.05) is 17.7 Å². The van der Waals surface area contributed by atoms with Gasteiger partial charge in [-0.05, 0) is 37.5 Å². The van der Waals surface area contributed by atoms with E-state index in [-0.39, 0.29) is 18.0 Å². The fourth-order valence-electron chi connectivity index (χ4n) is 2.38. The Morgan fingerprint density at radius 3 is 2.19 bits per heavy atom. The minimum absolute atomic E-state index is 0.149. The van der Waals surface area contributed by atoms with Gasteiger partial charge in [-0.25, -0.2) is 16.8 Å². The molecule has 1 aliphatic heterocycles. The molecule has 0 aromatic heterocycles. The van der Waals surface area contributed by atoms with Crippen molar-refractivity contribution in [3.8, 4) is 0 Å². The quantitative estimate of drug-likeness (QED) is 0.833. The topological polar surface area (TPSA) is 71.5 Å². The Kier molecular flexibility index (Phi) is 4.68. The molecule has 0 atom stereocenters. The van der Waals surface area contributed by atoms with Crippen LogP contribution in [0.15, 0.2) is 23.1 Å². The molecule has 0 spiro atoms. The van der Waals surface area contributed by atoms with Crippen LogP contribution in [-0.2, 0) is 19.9 Å². The predicted molar refractivity (Wildman–Crippen MR) is 82.8 cm³/mol. The molecule has 1 aromatic rings. The lowest BCUT2D eigenvalue weighted by Crippen LogP contribution is -2.42. The summed E-state index contributed by atoms with van der Waals surface area (Å²) in [7, 11) is -6.73. The molecular formula is C13H18ClNO4S2. The minimum Gasteiger partial charge on any atom is -0.229 e. The summed E-state index contributed by atoms with van der Waals surface area (Å²) in [5.41, 5.74) is 0.811. The summed E-state index contributed by atoms with van der Waals surface area (Å²) < 4.78 is 49.4. The fourth-order valence-corrected chi connectivity index (χ4v) is 5.19. The van der Waals surface area contributed by atoms with Crippen molar-refractivity contribution in [2.24, 2.45) is 0 Å². The highest BCUT2D eigenvalue weighted by Gasteiger charge is 2.33. The molecule has 1 saturated heterocycles. The average molecular weight is 352 g/mol. The number of hydrogen-bond acceptors (Lipinski definition) is 4. The molecule has 0 amide bonds. The van der Waals surface area contributed by atoms with Crippen molar-refractivity contribution < 1.29 is 16.8 Å². The Bertz CT molecular complexity index is 735. The maximum absolute atomic E-state index is 12.5. The number of sulfone groups is 1. The molecule has 0 aliphatic carbocycles. The Hall–Kier alpha value is -0.630. The highest BCUT2D eigenvalue weighted by molar-refractivity contribution is 7.91. The van der Waals surface area contributed by atoms with Gasteiger partial charge in [0.1, 0.15) is 9.84 Å². The van der Waals surface area contributed by atoms with E-state index in [0.29, 0.717) is 17.9 Å². The number of halogens is 1. The molecule has 1 fully saturated rings. The lowest BCUT2D eigenvalue weighted by atomic mass is 10.2.